The van der Waals surface area contributed by atoms with E-state index in [4.69, 9.17) is 4.74 Å². The summed E-state index contributed by atoms with van der Waals surface area (Å²) in [5.41, 5.74) is 0.710. The van der Waals surface area contributed by atoms with Crippen molar-refractivity contribution in [3.63, 3.8) is 0 Å². The molecule has 0 spiro atoms. The van der Waals surface area contributed by atoms with E-state index in [1.54, 1.807) is 0 Å². The quantitative estimate of drug-likeness (QED) is 0.759. The van der Waals surface area contributed by atoms with Gasteiger partial charge in [-0.2, -0.15) is 0 Å². The van der Waals surface area contributed by atoms with Crippen LogP contribution in [0.15, 0.2) is 30.3 Å². The van der Waals surface area contributed by atoms with Gasteiger partial charge < -0.3 is 15.2 Å². The Morgan fingerprint density at radius 1 is 1.28 bits per heavy atom. The molecule has 0 heterocycles. The molecule has 2 aliphatic rings. The molecule has 0 radical (unpaired) electrons. The van der Waals surface area contributed by atoms with Crippen LogP contribution in [-0.2, 0) is 14.3 Å². The Balaban J connectivity index is 1.64. The predicted octanol–water partition coefficient (Wildman–Crippen LogP) is 2.96. The lowest BCUT2D eigenvalue weighted by atomic mass is 9.77. The maximum Gasteiger partial charge on any atom is 0.308 e. The van der Waals surface area contributed by atoms with Crippen molar-refractivity contribution in [3.8, 4) is 0 Å². The molecule has 2 fully saturated rings. The molecular formula is C20H27NO4. The topological polar surface area (TPSA) is 75.6 Å². The first-order valence-corrected chi connectivity index (χ1v) is 9.13. The molecule has 0 aromatic heterocycles. The van der Waals surface area contributed by atoms with Crippen LogP contribution < -0.4 is 5.32 Å². The lowest BCUT2D eigenvalue weighted by molar-refractivity contribution is -0.146. The van der Waals surface area contributed by atoms with Crippen LogP contribution in [-0.4, -0.2) is 36.7 Å². The van der Waals surface area contributed by atoms with Crippen LogP contribution in [0.3, 0.4) is 0 Å². The predicted molar refractivity (Wildman–Crippen MR) is 94.3 cm³/mol. The smallest absolute Gasteiger partial charge is 0.308 e. The third-order valence-corrected chi connectivity index (χ3v) is 5.73. The van der Waals surface area contributed by atoms with Gasteiger partial charge in [-0.25, -0.2) is 0 Å². The fourth-order valence-electron chi connectivity index (χ4n) is 4.21. The number of ether oxygens (including phenoxy) is 1. The average molecular weight is 345 g/mol. The van der Waals surface area contributed by atoms with Crippen LogP contribution in [0.1, 0.15) is 50.0 Å². The number of amides is 1. The minimum atomic E-state index is -0.880. The number of benzene rings is 1. The summed E-state index contributed by atoms with van der Waals surface area (Å²) in [5, 5.41) is 12.6. The van der Waals surface area contributed by atoms with E-state index >= 15 is 0 Å². The molecule has 1 aromatic carbocycles. The second-order valence-corrected chi connectivity index (χ2v) is 7.51. The van der Waals surface area contributed by atoms with Crippen molar-refractivity contribution in [1.82, 2.24) is 5.32 Å². The summed E-state index contributed by atoms with van der Waals surface area (Å²) >= 11 is 0. The molecule has 1 unspecified atom stereocenters. The van der Waals surface area contributed by atoms with Gasteiger partial charge in [0.25, 0.3) is 0 Å². The monoisotopic (exact) mass is 345 g/mol. The second kappa shape index (κ2) is 7.56. The number of carboxylic acids is 1. The highest BCUT2D eigenvalue weighted by Gasteiger charge is 2.47. The molecule has 3 rings (SSSR count). The fraction of sp³-hybridized carbons (Fsp3) is 0.600. The van der Waals surface area contributed by atoms with Crippen LogP contribution in [0.4, 0.5) is 0 Å². The lowest BCUT2D eigenvalue weighted by Gasteiger charge is -2.30. The molecular weight excluding hydrogens is 318 g/mol. The summed E-state index contributed by atoms with van der Waals surface area (Å²) in [6, 6.07) is 10.4. The number of hydrogen-bond donors (Lipinski definition) is 2. The molecule has 2 aliphatic carbocycles. The molecule has 136 valence electrons. The van der Waals surface area contributed by atoms with E-state index in [-0.39, 0.29) is 18.6 Å². The van der Waals surface area contributed by atoms with Gasteiger partial charge in [-0.1, -0.05) is 43.2 Å². The largest absolute Gasteiger partial charge is 0.481 e. The van der Waals surface area contributed by atoms with E-state index < -0.39 is 17.3 Å². The summed E-state index contributed by atoms with van der Waals surface area (Å²) < 4.78 is 5.06. The summed E-state index contributed by atoms with van der Waals surface area (Å²) in [4.78, 5) is 24.5. The summed E-state index contributed by atoms with van der Waals surface area (Å²) in [5.74, 6) is -1.08. The molecule has 3 atom stereocenters. The van der Waals surface area contributed by atoms with Gasteiger partial charge in [-0.05, 0) is 31.2 Å². The first kappa shape index (κ1) is 17.9. The first-order valence-electron chi connectivity index (χ1n) is 9.13. The van der Waals surface area contributed by atoms with Gasteiger partial charge in [0.1, 0.15) is 0 Å². The molecule has 25 heavy (non-hydrogen) atoms. The number of nitrogens with one attached hydrogen (secondary N) is 1. The zero-order valence-electron chi connectivity index (χ0n) is 14.7. The standard InChI is InChI=1S/C20H27NO4/c1-25-13-15(18(22)23)12-20(9-5-6-10-20)19(24)21-17-11-16(17)14-7-3-2-4-8-14/h2-4,7-8,15-17H,5-6,9-13H2,1H3,(H,21,24)(H,22,23)/t15?,16-,17+/m1/s1. The molecule has 2 saturated carbocycles. The molecule has 2 N–H and O–H groups in total. The van der Waals surface area contributed by atoms with Gasteiger partial charge in [-0.15, -0.1) is 0 Å². The fourth-order valence-corrected chi connectivity index (χ4v) is 4.21. The number of carbonyl (C=O) groups is 2. The third kappa shape index (κ3) is 4.03. The molecule has 0 saturated heterocycles. The molecule has 5 nitrogen and oxygen atoms in total. The van der Waals surface area contributed by atoms with E-state index in [9.17, 15) is 14.7 Å². The van der Waals surface area contributed by atoms with Crippen molar-refractivity contribution in [2.75, 3.05) is 13.7 Å². The lowest BCUT2D eigenvalue weighted by Crippen LogP contribution is -2.43. The van der Waals surface area contributed by atoms with Gasteiger partial charge in [0.05, 0.1) is 17.9 Å². The number of methoxy groups -OCH3 is 1. The molecule has 0 bridgehead atoms. The number of carboxylic acid groups (broad SMARTS) is 1. The number of rotatable bonds is 8. The Bertz CT molecular complexity index is 609. The van der Waals surface area contributed by atoms with E-state index in [1.807, 2.05) is 18.2 Å². The van der Waals surface area contributed by atoms with Crippen molar-refractivity contribution >= 4 is 11.9 Å². The Hall–Kier alpha value is -1.88. The van der Waals surface area contributed by atoms with Gasteiger partial charge >= 0.3 is 5.97 Å². The summed E-state index contributed by atoms with van der Waals surface area (Å²) in [6.45, 7) is 0.153. The van der Waals surface area contributed by atoms with Crippen molar-refractivity contribution in [2.45, 2.75) is 50.5 Å². The maximum atomic E-state index is 13.0. The number of aliphatic carboxylic acids is 1. The van der Waals surface area contributed by atoms with Crippen molar-refractivity contribution in [1.29, 1.82) is 0 Å². The third-order valence-electron chi connectivity index (χ3n) is 5.73. The zero-order chi connectivity index (χ0) is 17.9. The van der Waals surface area contributed by atoms with Gasteiger partial charge in [0.15, 0.2) is 0 Å². The zero-order valence-corrected chi connectivity index (χ0v) is 14.7. The number of hydrogen-bond acceptors (Lipinski definition) is 3. The minimum absolute atomic E-state index is 0.0378. The molecule has 1 aromatic rings. The van der Waals surface area contributed by atoms with E-state index in [0.29, 0.717) is 12.3 Å². The first-order chi connectivity index (χ1) is 12.1. The highest BCUT2D eigenvalue weighted by molar-refractivity contribution is 5.84. The van der Waals surface area contributed by atoms with Gasteiger partial charge in [0, 0.05) is 19.1 Å². The maximum absolute atomic E-state index is 13.0. The highest BCUT2D eigenvalue weighted by atomic mass is 16.5. The van der Waals surface area contributed by atoms with Gasteiger partial charge in [-0.3, -0.25) is 9.59 Å². The average Bonchev–Trinajstić information content (AvgIpc) is 3.20. The van der Waals surface area contributed by atoms with E-state index in [0.717, 1.165) is 32.1 Å². The summed E-state index contributed by atoms with van der Waals surface area (Å²) in [7, 11) is 1.51. The SMILES string of the molecule is COCC(CC1(C(=O)N[C@H]2C[C@@H]2c2ccccc2)CCCC1)C(=O)O. The Kier molecular flexibility index (Phi) is 5.42. The molecule has 1 amide bonds. The van der Waals surface area contributed by atoms with E-state index in [2.05, 4.69) is 17.4 Å². The van der Waals surface area contributed by atoms with Crippen LogP contribution in [0.5, 0.6) is 0 Å². The Morgan fingerprint density at radius 3 is 2.56 bits per heavy atom. The minimum Gasteiger partial charge on any atom is -0.481 e. The van der Waals surface area contributed by atoms with Crippen molar-refractivity contribution in [2.24, 2.45) is 11.3 Å². The van der Waals surface area contributed by atoms with Crippen LogP contribution in [0.2, 0.25) is 0 Å². The Labute approximate surface area is 148 Å². The van der Waals surface area contributed by atoms with Gasteiger partial charge in [0.2, 0.25) is 5.91 Å². The Morgan fingerprint density at radius 2 is 1.96 bits per heavy atom. The van der Waals surface area contributed by atoms with Crippen LogP contribution >= 0.6 is 0 Å². The van der Waals surface area contributed by atoms with Crippen molar-refractivity contribution in [3.05, 3.63) is 35.9 Å². The summed E-state index contributed by atoms with van der Waals surface area (Å²) in [6.07, 6.45) is 4.85. The van der Waals surface area contributed by atoms with E-state index in [1.165, 1.54) is 12.7 Å². The van der Waals surface area contributed by atoms with Crippen molar-refractivity contribution < 1.29 is 19.4 Å². The number of carbonyl (C=O) groups excluding carboxylic acids is 1. The van der Waals surface area contributed by atoms with Crippen LogP contribution in [0, 0.1) is 11.3 Å². The molecule has 5 heteroatoms. The highest BCUT2D eigenvalue weighted by Crippen LogP contribution is 2.46. The molecule has 0 aliphatic heterocycles. The van der Waals surface area contributed by atoms with Crippen LogP contribution in [0.25, 0.3) is 0 Å². The normalized spacial score (nSPS) is 25.3. The second-order valence-electron chi connectivity index (χ2n) is 7.51.